The molecule has 0 unspecified atom stereocenters. The van der Waals surface area contributed by atoms with Crippen LogP contribution in [0.5, 0.6) is 0 Å². The van der Waals surface area contributed by atoms with Gasteiger partial charge in [-0.1, -0.05) is 44.6 Å². The van der Waals surface area contributed by atoms with Crippen LogP contribution in [0.4, 0.5) is 5.82 Å². The zero-order valence-corrected chi connectivity index (χ0v) is 19.5. The Labute approximate surface area is 186 Å². The number of nitrogens with zero attached hydrogens (tertiary/aromatic N) is 3. The van der Waals surface area contributed by atoms with Gasteiger partial charge in [-0.3, -0.25) is 4.99 Å². The molecule has 1 aromatic rings. The summed E-state index contributed by atoms with van der Waals surface area (Å²) in [5.74, 6) is 2.92. The van der Waals surface area contributed by atoms with Crippen molar-refractivity contribution < 1.29 is 4.74 Å². The van der Waals surface area contributed by atoms with Crippen LogP contribution in [0.1, 0.15) is 50.5 Å². The molecule has 0 amide bonds. The maximum Gasteiger partial charge on any atom is 0.191 e. The minimum absolute atomic E-state index is 0. The third kappa shape index (κ3) is 7.39. The van der Waals surface area contributed by atoms with Crippen molar-refractivity contribution in [2.75, 3.05) is 44.8 Å². The Morgan fingerprint density at radius 1 is 1.21 bits per heavy atom. The summed E-state index contributed by atoms with van der Waals surface area (Å²) in [5, 5.41) is 6.89. The van der Waals surface area contributed by atoms with Crippen molar-refractivity contribution in [1.29, 1.82) is 0 Å². The van der Waals surface area contributed by atoms with Crippen molar-refractivity contribution in [3.05, 3.63) is 23.9 Å². The molecule has 1 saturated heterocycles. The molecule has 0 spiro atoms. The third-order valence-corrected chi connectivity index (χ3v) is 5.65. The van der Waals surface area contributed by atoms with Crippen molar-refractivity contribution in [1.82, 2.24) is 15.6 Å². The molecule has 2 aliphatic rings. The number of aromatic nitrogens is 1. The Kier molecular flexibility index (Phi) is 10.9. The lowest BCUT2D eigenvalue weighted by Gasteiger charge is -2.29. The summed E-state index contributed by atoms with van der Waals surface area (Å²) >= 11 is 0. The van der Waals surface area contributed by atoms with Crippen LogP contribution in [0.2, 0.25) is 0 Å². The Morgan fingerprint density at radius 2 is 2.00 bits per heavy atom. The monoisotopic (exact) mass is 501 g/mol. The lowest BCUT2D eigenvalue weighted by Crippen LogP contribution is -2.39. The van der Waals surface area contributed by atoms with Crippen LogP contribution in [-0.4, -0.2) is 50.8 Å². The van der Waals surface area contributed by atoms with Crippen LogP contribution in [0.15, 0.2) is 23.3 Å². The summed E-state index contributed by atoms with van der Waals surface area (Å²) in [6, 6.07) is 4.14. The number of halogens is 1. The zero-order chi connectivity index (χ0) is 18.7. The Bertz CT molecular complexity index is 586. The molecule has 0 atom stereocenters. The summed E-state index contributed by atoms with van der Waals surface area (Å²) in [6.45, 7) is 5.05. The van der Waals surface area contributed by atoms with Gasteiger partial charge >= 0.3 is 0 Å². The molecule has 1 aliphatic heterocycles. The van der Waals surface area contributed by atoms with Crippen molar-refractivity contribution >= 4 is 35.8 Å². The van der Waals surface area contributed by atoms with Crippen molar-refractivity contribution in [2.24, 2.45) is 10.9 Å². The van der Waals surface area contributed by atoms with Gasteiger partial charge in [0.15, 0.2) is 5.96 Å². The predicted molar refractivity (Wildman–Crippen MR) is 127 cm³/mol. The number of ether oxygens (including phenoxy) is 1. The largest absolute Gasteiger partial charge is 0.378 e. The van der Waals surface area contributed by atoms with Crippen LogP contribution in [-0.2, 0) is 11.3 Å². The molecule has 0 aromatic carbocycles. The van der Waals surface area contributed by atoms with Gasteiger partial charge in [0, 0.05) is 45.0 Å². The first-order chi connectivity index (χ1) is 13.4. The molecule has 6 nitrogen and oxygen atoms in total. The number of anilines is 1. The molecule has 2 fully saturated rings. The van der Waals surface area contributed by atoms with Gasteiger partial charge in [0.25, 0.3) is 0 Å². The number of pyridine rings is 1. The van der Waals surface area contributed by atoms with Crippen LogP contribution in [0.3, 0.4) is 0 Å². The molecule has 1 saturated carbocycles. The van der Waals surface area contributed by atoms with E-state index in [1.807, 2.05) is 19.3 Å². The SMILES string of the molecule is CN=C(NCCCCC1CCCC1)NCc1cccnc1N1CCOCC1.I. The number of hydrogen-bond acceptors (Lipinski definition) is 4. The van der Waals surface area contributed by atoms with Gasteiger partial charge in [-0.25, -0.2) is 4.98 Å². The Hall–Kier alpha value is -1.09. The van der Waals surface area contributed by atoms with Crippen LogP contribution in [0.25, 0.3) is 0 Å². The van der Waals surface area contributed by atoms with Gasteiger partial charge < -0.3 is 20.3 Å². The molecule has 1 aromatic heterocycles. The lowest BCUT2D eigenvalue weighted by atomic mass is 10.0. The Morgan fingerprint density at radius 3 is 2.75 bits per heavy atom. The number of nitrogens with one attached hydrogen (secondary N) is 2. The third-order valence-electron chi connectivity index (χ3n) is 5.65. The van der Waals surface area contributed by atoms with Crippen molar-refractivity contribution in [3.8, 4) is 0 Å². The number of rotatable bonds is 8. The van der Waals surface area contributed by atoms with Gasteiger partial charge in [-0.05, 0) is 18.4 Å². The maximum atomic E-state index is 5.46. The van der Waals surface area contributed by atoms with E-state index in [0.29, 0.717) is 0 Å². The maximum absolute atomic E-state index is 5.46. The van der Waals surface area contributed by atoms with Gasteiger partial charge in [0.1, 0.15) is 5.82 Å². The minimum Gasteiger partial charge on any atom is -0.378 e. The molecule has 3 rings (SSSR count). The summed E-state index contributed by atoms with van der Waals surface area (Å²) in [7, 11) is 1.83. The van der Waals surface area contributed by atoms with Crippen molar-refractivity contribution in [3.63, 3.8) is 0 Å². The summed E-state index contributed by atoms with van der Waals surface area (Å²) in [6.07, 6.45) is 11.6. The Balaban J connectivity index is 0.00000280. The molecule has 1 aliphatic carbocycles. The molecular weight excluding hydrogens is 465 g/mol. The number of morpholine rings is 1. The average molecular weight is 501 g/mol. The van der Waals surface area contributed by atoms with E-state index in [0.717, 1.165) is 57.1 Å². The summed E-state index contributed by atoms with van der Waals surface area (Å²) in [5.41, 5.74) is 1.20. The van der Waals surface area contributed by atoms with Gasteiger partial charge in [-0.2, -0.15) is 0 Å². The van der Waals surface area contributed by atoms with Crippen LogP contribution in [0, 0.1) is 5.92 Å². The van der Waals surface area contributed by atoms with Crippen molar-refractivity contribution in [2.45, 2.75) is 51.5 Å². The second-order valence-electron chi connectivity index (χ2n) is 7.58. The fourth-order valence-corrected chi connectivity index (χ4v) is 4.09. The number of hydrogen-bond donors (Lipinski definition) is 2. The quantitative estimate of drug-likeness (QED) is 0.247. The highest BCUT2D eigenvalue weighted by molar-refractivity contribution is 14.0. The van der Waals surface area contributed by atoms with E-state index in [1.54, 1.807) is 0 Å². The molecule has 2 heterocycles. The highest BCUT2D eigenvalue weighted by Gasteiger charge is 2.16. The fraction of sp³-hybridized carbons (Fsp3) is 0.714. The predicted octanol–water partition coefficient (Wildman–Crippen LogP) is 3.56. The molecule has 158 valence electrons. The summed E-state index contributed by atoms with van der Waals surface area (Å²) < 4.78 is 5.46. The van der Waals surface area contributed by atoms with Gasteiger partial charge in [-0.15, -0.1) is 24.0 Å². The van der Waals surface area contributed by atoms with E-state index >= 15 is 0 Å². The highest BCUT2D eigenvalue weighted by Crippen LogP contribution is 2.28. The molecule has 2 N–H and O–H groups in total. The van der Waals surface area contributed by atoms with E-state index in [2.05, 4.69) is 31.6 Å². The molecule has 0 radical (unpaired) electrons. The second-order valence-corrected chi connectivity index (χ2v) is 7.58. The van der Waals surface area contributed by atoms with E-state index in [1.165, 1.54) is 50.5 Å². The minimum atomic E-state index is 0. The van der Waals surface area contributed by atoms with E-state index in [9.17, 15) is 0 Å². The molecule has 28 heavy (non-hydrogen) atoms. The van der Waals surface area contributed by atoms with Gasteiger partial charge in [0.05, 0.1) is 13.2 Å². The van der Waals surface area contributed by atoms with E-state index in [4.69, 9.17) is 4.74 Å². The smallest absolute Gasteiger partial charge is 0.191 e. The first-order valence-electron chi connectivity index (χ1n) is 10.6. The number of guanidine groups is 1. The fourth-order valence-electron chi connectivity index (χ4n) is 4.09. The normalized spacial score (nSPS) is 18.0. The molecule has 7 heteroatoms. The lowest BCUT2D eigenvalue weighted by molar-refractivity contribution is 0.122. The van der Waals surface area contributed by atoms with Crippen LogP contribution < -0.4 is 15.5 Å². The first-order valence-corrected chi connectivity index (χ1v) is 10.6. The number of aliphatic imine (C=N–C) groups is 1. The average Bonchev–Trinajstić information content (AvgIpc) is 3.24. The molecule has 0 bridgehead atoms. The zero-order valence-electron chi connectivity index (χ0n) is 17.2. The number of unbranched alkanes of at least 4 members (excludes halogenated alkanes) is 1. The van der Waals surface area contributed by atoms with E-state index < -0.39 is 0 Å². The van der Waals surface area contributed by atoms with Gasteiger partial charge in [0.2, 0.25) is 0 Å². The summed E-state index contributed by atoms with van der Waals surface area (Å²) in [4.78, 5) is 11.3. The standard InChI is InChI=1S/C21H35N5O.HI/c1-22-21(24-11-5-4-9-18-7-2-3-8-18)25-17-19-10-6-12-23-20(19)26-13-15-27-16-14-26;/h6,10,12,18H,2-5,7-9,11,13-17H2,1H3,(H2,22,24,25);1H. The first kappa shape index (κ1) is 23.2. The topological polar surface area (TPSA) is 61.8 Å². The highest BCUT2D eigenvalue weighted by atomic mass is 127. The second kappa shape index (κ2) is 13.2. The van der Waals surface area contributed by atoms with E-state index in [-0.39, 0.29) is 24.0 Å². The molecular formula is C21H36IN5O. The van der Waals surface area contributed by atoms with Crippen LogP contribution >= 0.6 is 24.0 Å².